The number of hydrogen-bond acceptors (Lipinski definition) is 4. The van der Waals surface area contributed by atoms with E-state index < -0.39 is 30.0 Å². The minimum absolute atomic E-state index is 0.0247. The molecule has 3 aromatic rings. The van der Waals surface area contributed by atoms with Crippen molar-refractivity contribution >= 4 is 40.1 Å². The molecule has 0 spiro atoms. The maximum atomic E-state index is 12.7. The molecule has 0 bridgehead atoms. The largest absolute Gasteiger partial charge is 0.478 e. The molecule has 0 aromatic heterocycles. The quantitative estimate of drug-likeness (QED) is 0.473. The highest BCUT2D eigenvalue weighted by Gasteiger charge is 2.23. The molecule has 0 unspecified atom stereocenters. The Kier molecular flexibility index (Phi) is 5.69. The lowest BCUT2D eigenvalue weighted by Gasteiger charge is -2.23. The monoisotopic (exact) mass is 391 g/mol. The first-order chi connectivity index (χ1) is 13.8. The number of aromatic carboxylic acids is 1. The Morgan fingerprint density at radius 1 is 0.793 bits per heavy atom. The first-order valence-electron chi connectivity index (χ1n) is 8.72. The van der Waals surface area contributed by atoms with Crippen LogP contribution in [0.1, 0.15) is 22.3 Å². The summed E-state index contributed by atoms with van der Waals surface area (Å²) in [6, 6.07) is 19.0. The number of carbonyl (C=O) groups is 4. The number of anilines is 1. The molecule has 0 saturated carbocycles. The summed E-state index contributed by atoms with van der Waals surface area (Å²) in [6.45, 7) is 0.0552. The average molecular weight is 391 g/mol. The maximum Gasteiger partial charge on any atom is 0.372 e. The van der Waals surface area contributed by atoms with E-state index in [1.807, 2.05) is 42.5 Å². The highest BCUT2D eigenvalue weighted by atomic mass is 16.4. The zero-order valence-electron chi connectivity index (χ0n) is 15.2. The zero-order valence-corrected chi connectivity index (χ0v) is 15.2. The van der Waals surface area contributed by atoms with Gasteiger partial charge in [-0.05, 0) is 40.6 Å². The summed E-state index contributed by atoms with van der Waals surface area (Å²) in [4.78, 5) is 47.6. The lowest BCUT2D eigenvalue weighted by molar-refractivity contribution is -0.150. The zero-order chi connectivity index (χ0) is 21.0. The summed E-state index contributed by atoms with van der Waals surface area (Å²) >= 11 is 0. The molecule has 29 heavy (non-hydrogen) atoms. The van der Waals surface area contributed by atoms with E-state index in [0.717, 1.165) is 16.3 Å². The number of nitrogens with zero attached hydrogens (tertiary/aromatic N) is 1. The molecule has 0 heterocycles. The van der Waals surface area contributed by atoms with E-state index in [0.29, 0.717) is 0 Å². The van der Waals surface area contributed by atoms with Crippen molar-refractivity contribution in [2.75, 3.05) is 4.90 Å². The van der Waals surface area contributed by atoms with E-state index in [-0.39, 0.29) is 17.8 Å². The number of amides is 1. The van der Waals surface area contributed by atoms with E-state index in [2.05, 4.69) is 0 Å². The normalized spacial score (nSPS) is 10.5. The number of carbonyl (C=O) groups excluding carboxylic acids is 2. The molecule has 0 fully saturated rings. The van der Waals surface area contributed by atoms with Gasteiger partial charge in [0.05, 0.1) is 18.5 Å². The molecule has 7 nitrogen and oxygen atoms in total. The van der Waals surface area contributed by atoms with Crippen LogP contribution in [0.15, 0.2) is 66.7 Å². The van der Waals surface area contributed by atoms with Gasteiger partial charge in [0.1, 0.15) is 0 Å². The van der Waals surface area contributed by atoms with Crippen molar-refractivity contribution in [1.82, 2.24) is 0 Å². The van der Waals surface area contributed by atoms with Crippen LogP contribution in [0.25, 0.3) is 10.8 Å². The smallest absolute Gasteiger partial charge is 0.372 e. The fourth-order valence-corrected chi connectivity index (χ4v) is 2.96. The van der Waals surface area contributed by atoms with Gasteiger partial charge in [-0.25, -0.2) is 9.59 Å². The van der Waals surface area contributed by atoms with Crippen LogP contribution in [0.4, 0.5) is 5.69 Å². The number of carboxylic acid groups (broad SMARTS) is 2. The van der Waals surface area contributed by atoms with Crippen LogP contribution in [0.3, 0.4) is 0 Å². The van der Waals surface area contributed by atoms with Gasteiger partial charge in [-0.1, -0.05) is 42.5 Å². The summed E-state index contributed by atoms with van der Waals surface area (Å²) in [6.07, 6.45) is -0.819. The molecule has 7 heteroatoms. The van der Waals surface area contributed by atoms with Crippen LogP contribution >= 0.6 is 0 Å². The minimum Gasteiger partial charge on any atom is -0.478 e. The van der Waals surface area contributed by atoms with E-state index in [9.17, 15) is 24.3 Å². The lowest BCUT2D eigenvalue weighted by atomic mass is 10.1. The first-order valence-corrected chi connectivity index (χ1v) is 8.72. The van der Waals surface area contributed by atoms with E-state index in [1.54, 1.807) is 0 Å². The highest BCUT2D eigenvalue weighted by molar-refractivity contribution is 6.36. The third-order valence-corrected chi connectivity index (χ3v) is 4.41. The first kappa shape index (κ1) is 19.8. The molecule has 3 aromatic carbocycles. The summed E-state index contributed by atoms with van der Waals surface area (Å²) in [5.74, 6) is -4.81. The predicted octanol–water partition coefficient (Wildman–Crippen LogP) is 3.12. The topological polar surface area (TPSA) is 112 Å². The number of ketones is 1. The van der Waals surface area contributed by atoms with Crippen LogP contribution in [0, 0.1) is 0 Å². The number of fused-ring (bicyclic) bond motifs is 1. The maximum absolute atomic E-state index is 12.7. The van der Waals surface area contributed by atoms with E-state index in [1.165, 1.54) is 29.2 Å². The van der Waals surface area contributed by atoms with Gasteiger partial charge < -0.3 is 15.1 Å². The third kappa shape index (κ3) is 4.65. The van der Waals surface area contributed by atoms with Gasteiger partial charge in [-0.15, -0.1) is 0 Å². The van der Waals surface area contributed by atoms with Crippen molar-refractivity contribution in [2.24, 2.45) is 0 Å². The molecule has 0 aliphatic rings. The number of hydrogen-bond donors (Lipinski definition) is 2. The van der Waals surface area contributed by atoms with Crippen molar-refractivity contribution < 1.29 is 29.4 Å². The van der Waals surface area contributed by atoms with Crippen molar-refractivity contribution in [3.05, 3.63) is 77.9 Å². The molecule has 146 valence electrons. The Morgan fingerprint density at radius 2 is 1.52 bits per heavy atom. The summed E-state index contributed by atoms with van der Waals surface area (Å²) in [7, 11) is 0. The second-order valence-electron chi connectivity index (χ2n) is 6.42. The second kappa shape index (κ2) is 8.35. The Labute approximate surface area is 165 Å². The van der Waals surface area contributed by atoms with Crippen LogP contribution in [-0.4, -0.2) is 33.8 Å². The van der Waals surface area contributed by atoms with Crippen LogP contribution in [0.5, 0.6) is 0 Å². The fraction of sp³-hybridized carbons (Fsp3) is 0.0909. The third-order valence-electron chi connectivity index (χ3n) is 4.41. The Morgan fingerprint density at radius 3 is 2.21 bits per heavy atom. The fourth-order valence-electron chi connectivity index (χ4n) is 2.96. The van der Waals surface area contributed by atoms with Gasteiger partial charge in [0, 0.05) is 5.69 Å². The molecule has 0 atom stereocenters. The molecule has 0 aliphatic carbocycles. The van der Waals surface area contributed by atoms with Gasteiger partial charge in [0.25, 0.3) is 0 Å². The standard InChI is InChI=1S/C22H17NO6/c24-19(22(28)29)12-20(25)23(18-7-3-6-17(11-18)21(26)27)13-14-8-9-15-4-1-2-5-16(15)10-14/h1-11H,12-13H2,(H,26,27)(H,28,29). The number of Topliss-reactive ketones (excluding diaryl/α,β-unsaturated/α-hetero) is 1. The van der Waals surface area contributed by atoms with Crippen LogP contribution in [0.2, 0.25) is 0 Å². The Balaban J connectivity index is 1.98. The number of aliphatic carboxylic acids is 1. The highest BCUT2D eigenvalue weighted by Crippen LogP contribution is 2.23. The minimum atomic E-state index is -1.69. The van der Waals surface area contributed by atoms with Crippen molar-refractivity contribution in [3.8, 4) is 0 Å². The molecular weight excluding hydrogens is 374 g/mol. The summed E-state index contributed by atoms with van der Waals surface area (Å²) in [5.41, 5.74) is 0.991. The van der Waals surface area contributed by atoms with Crippen molar-refractivity contribution in [3.63, 3.8) is 0 Å². The van der Waals surface area contributed by atoms with Gasteiger partial charge >= 0.3 is 11.9 Å². The molecule has 0 aliphatic heterocycles. The number of carboxylic acids is 2. The number of rotatable bonds is 7. The van der Waals surface area contributed by atoms with Gasteiger partial charge in [-0.2, -0.15) is 0 Å². The second-order valence-corrected chi connectivity index (χ2v) is 6.42. The molecule has 3 rings (SSSR count). The van der Waals surface area contributed by atoms with Crippen molar-refractivity contribution in [2.45, 2.75) is 13.0 Å². The summed E-state index contributed by atoms with van der Waals surface area (Å²) in [5, 5.41) is 20.0. The molecule has 1 amide bonds. The van der Waals surface area contributed by atoms with Crippen LogP contribution in [-0.2, 0) is 20.9 Å². The summed E-state index contributed by atoms with van der Waals surface area (Å²) < 4.78 is 0. The van der Waals surface area contributed by atoms with Gasteiger partial charge in [-0.3, -0.25) is 9.59 Å². The Bertz CT molecular complexity index is 1120. The van der Waals surface area contributed by atoms with E-state index in [4.69, 9.17) is 5.11 Å². The molecule has 2 N–H and O–H groups in total. The Hall–Kier alpha value is -4.00. The molecular formula is C22H17NO6. The van der Waals surface area contributed by atoms with Crippen LogP contribution < -0.4 is 4.90 Å². The number of benzene rings is 3. The predicted molar refractivity (Wildman–Crippen MR) is 106 cm³/mol. The van der Waals surface area contributed by atoms with Gasteiger partial charge in [0.2, 0.25) is 11.7 Å². The van der Waals surface area contributed by atoms with Gasteiger partial charge in [0.15, 0.2) is 0 Å². The lowest BCUT2D eigenvalue weighted by Crippen LogP contribution is -2.33. The molecule has 0 saturated heterocycles. The van der Waals surface area contributed by atoms with Crippen molar-refractivity contribution in [1.29, 1.82) is 0 Å². The van der Waals surface area contributed by atoms with E-state index >= 15 is 0 Å². The average Bonchev–Trinajstić information content (AvgIpc) is 2.71. The SMILES string of the molecule is O=C(O)C(=O)CC(=O)N(Cc1ccc2ccccc2c1)c1cccc(C(=O)O)c1. The molecule has 0 radical (unpaired) electrons.